The zero-order valence-electron chi connectivity index (χ0n) is 9.56. The molecule has 3 N–H and O–H groups in total. The Labute approximate surface area is 95.2 Å². The Kier molecular flexibility index (Phi) is 4.75. The molecular formula is C11H17N3O2. The molecule has 0 aromatic heterocycles. The maximum Gasteiger partial charge on any atom is 0.253 e. The summed E-state index contributed by atoms with van der Waals surface area (Å²) in [5, 5.41) is 0. The highest BCUT2D eigenvalue weighted by atomic mass is 16.5. The maximum atomic E-state index is 11.9. The number of methoxy groups -OCH3 is 1. The molecule has 0 atom stereocenters. The van der Waals surface area contributed by atoms with E-state index < -0.39 is 0 Å². The number of carbonyl (C=O) groups excluding carboxylic acids is 1. The van der Waals surface area contributed by atoms with Crippen LogP contribution in [0.3, 0.4) is 0 Å². The van der Waals surface area contributed by atoms with E-state index in [9.17, 15) is 4.79 Å². The lowest BCUT2D eigenvalue weighted by Gasteiger charge is -2.16. The number of amides is 1. The molecule has 88 valence electrons. The molecule has 1 aromatic rings. The molecule has 0 radical (unpaired) electrons. The van der Waals surface area contributed by atoms with Crippen molar-refractivity contribution in [3.8, 4) is 0 Å². The van der Waals surface area contributed by atoms with Gasteiger partial charge in [0.25, 0.3) is 5.91 Å². The summed E-state index contributed by atoms with van der Waals surface area (Å²) < 4.78 is 4.91. The number of nitrogens with two attached hydrogens (primary N) is 1. The van der Waals surface area contributed by atoms with Gasteiger partial charge in [-0.3, -0.25) is 10.6 Å². The van der Waals surface area contributed by atoms with Crippen molar-refractivity contribution in [1.82, 2.24) is 4.90 Å². The lowest BCUT2D eigenvalue weighted by Crippen LogP contribution is -2.29. The van der Waals surface area contributed by atoms with E-state index in [2.05, 4.69) is 5.43 Å². The zero-order chi connectivity index (χ0) is 12.0. The van der Waals surface area contributed by atoms with Crippen LogP contribution in [-0.2, 0) is 4.74 Å². The first kappa shape index (κ1) is 12.5. The standard InChI is InChI=1S/C11H17N3O2/c1-14(7-8-16-2)11(15)9-3-5-10(13-12)6-4-9/h3-6,13H,7-8,12H2,1-2H3. The molecule has 1 amide bonds. The van der Waals surface area contributed by atoms with Crippen LogP contribution in [0, 0.1) is 0 Å². The minimum Gasteiger partial charge on any atom is -0.383 e. The van der Waals surface area contributed by atoms with Crippen LogP contribution >= 0.6 is 0 Å². The molecule has 0 spiro atoms. The van der Waals surface area contributed by atoms with Gasteiger partial charge in [0.15, 0.2) is 0 Å². The third-order valence-electron chi connectivity index (χ3n) is 2.28. The number of likely N-dealkylation sites (N-methyl/N-ethyl adjacent to an activating group) is 1. The van der Waals surface area contributed by atoms with Crippen molar-refractivity contribution in [2.75, 3.05) is 32.7 Å². The van der Waals surface area contributed by atoms with Gasteiger partial charge >= 0.3 is 0 Å². The number of hydrogen-bond donors (Lipinski definition) is 2. The molecule has 0 aliphatic heterocycles. The number of benzene rings is 1. The molecule has 0 aliphatic carbocycles. The Morgan fingerprint density at radius 2 is 2.06 bits per heavy atom. The molecule has 1 rings (SSSR count). The topological polar surface area (TPSA) is 67.6 Å². The summed E-state index contributed by atoms with van der Waals surface area (Å²) in [6.07, 6.45) is 0. The largest absolute Gasteiger partial charge is 0.383 e. The highest BCUT2D eigenvalue weighted by molar-refractivity contribution is 5.94. The smallest absolute Gasteiger partial charge is 0.253 e. The van der Waals surface area contributed by atoms with Crippen molar-refractivity contribution in [3.05, 3.63) is 29.8 Å². The van der Waals surface area contributed by atoms with Gasteiger partial charge in [0.1, 0.15) is 0 Å². The van der Waals surface area contributed by atoms with Gasteiger partial charge in [-0.1, -0.05) is 0 Å². The summed E-state index contributed by atoms with van der Waals surface area (Å²) in [6.45, 7) is 1.11. The molecule has 5 heteroatoms. The van der Waals surface area contributed by atoms with Gasteiger partial charge < -0.3 is 15.1 Å². The Morgan fingerprint density at radius 3 is 2.56 bits per heavy atom. The quantitative estimate of drug-likeness (QED) is 0.569. The van der Waals surface area contributed by atoms with Gasteiger partial charge in [0.05, 0.1) is 6.61 Å². The first-order chi connectivity index (χ1) is 7.69. The van der Waals surface area contributed by atoms with Crippen LogP contribution in [0.1, 0.15) is 10.4 Å². The van der Waals surface area contributed by atoms with Crippen LogP contribution in [0.15, 0.2) is 24.3 Å². The lowest BCUT2D eigenvalue weighted by atomic mass is 10.2. The van der Waals surface area contributed by atoms with Gasteiger partial charge in [-0.2, -0.15) is 0 Å². The van der Waals surface area contributed by atoms with Gasteiger partial charge in [-0.25, -0.2) is 0 Å². The first-order valence-electron chi connectivity index (χ1n) is 5.00. The van der Waals surface area contributed by atoms with Gasteiger partial charge in [0, 0.05) is 32.0 Å². The third kappa shape index (κ3) is 3.22. The van der Waals surface area contributed by atoms with E-state index in [0.717, 1.165) is 5.69 Å². The zero-order valence-corrected chi connectivity index (χ0v) is 9.56. The molecular weight excluding hydrogens is 206 g/mol. The van der Waals surface area contributed by atoms with Crippen LogP contribution in [0.25, 0.3) is 0 Å². The second kappa shape index (κ2) is 6.09. The van der Waals surface area contributed by atoms with Crippen molar-refractivity contribution in [2.24, 2.45) is 5.84 Å². The predicted octanol–water partition coefficient (Wildman–Crippen LogP) is 0.691. The fourth-order valence-corrected chi connectivity index (χ4v) is 1.26. The van der Waals surface area contributed by atoms with E-state index >= 15 is 0 Å². The molecule has 16 heavy (non-hydrogen) atoms. The Morgan fingerprint density at radius 1 is 1.44 bits per heavy atom. The summed E-state index contributed by atoms with van der Waals surface area (Å²) >= 11 is 0. The fraction of sp³-hybridized carbons (Fsp3) is 0.364. The van der Waals surface area contributed by atoms with Crippen molar-refractivity contribution >= 4 is 11.6 Å². The summed E-state index contributed by atoms with van der Waals surface area (Å²) in [7, 11) is 3.36. The lowest BCUT2D eigenvalue weighted by molar-refractivity contribution is 0.0744. The number of ether oxygens (including phenoxy) is 1. The number of nitrogens with zero attached hydrogens (tertiary/aromatic N) is 1. The fourth-order valence-electron chi connectivity index (χ4n) is 1.26. The number of rotatable bonds is 5. The summed E-state index contributed by atoms with van der Waals surface area (Å²) in [5.74, 6) is 5.21. The predicted molar refractivity (Wildman–Crippen MR) is 63.1 cm³/mol. The molecule has 1 aromatic carbocycles. The summed E-state index contributed by atoms with van der Waals surface area (Å²) in [4.78, 5) is 13.5. The van der Waals surface area contributed by atoms with E-state index in [1.54, 1.807) is 43.3 Å². The SMILES string of the molecule is COCCN(C)C(=O)c1ccc(NN)cc1. The Hall–Kier alpha value is -1.59. The molecule has 0 saturated carbocycles. The molecule has 0 heterocycles. The third-order valence-corrected chi connectivity index (χ3v) is 2.28. The summed E-state index contributed by atoms with van der Waals surface area (Å²) in [5.41, 5.74) is 3.92. The van der Waals surface area contributed by atoms with Crippen molar-refractivity contribution in [2.45, 2.75) is 0 Å². The second-order valence-corrected chi connectivity index (χ2v) is 3.44. The number of hydrogen-bond acceptors (Lipinski definition) is 4. The molecule has 0 bridgehead atoms. The maximum absolute atomic E-state index is 11.9. The minimum absolute atomic E-state index is 0.0272. The number of anilines is 1. The van der Waals surface area contributed by atoms with Crippen molar-refractivity contribution < 1.29 is 9.53 Å². The molecule has 5 nitrogen and oxygen atoms in total. The second-order valence-electron chi connectivity index (χ2n) is 3.44. The molecule has 0 saturated heterocycles. The Bertz CT molecular complexity index is 338. The van der Waals surface area contributed by atoms with E-state index in [-0.39, 0.29) is 5.91 Å². The van der Waals surface area contributed by atoms with Crippen molar-refractivity contribution in [3.63, 3.8) is 0 Å². The minimum atomic E-state index is -0.0272. The van der Waals surface area contributed by atoms with Gasteiger partial charge in [-0.05, 0) is 24.3 Å². The van der Waals surface area contributed by atoms with Gasteiger partial charge in [-0.15, -0.1) is 0 Å². The monoisotopic (exact) mass is 223 g/mol. The van der Waals surface area contributed by atoms with E-state index in [4.69, 9.17) is 10.6 Å². The number of hydrazine groups is 1. The number of nitrogens with one attached hydrogen (secondary N) is 1. The van der Waals surface area contributed by atoms with Crippen LogP contribution in [-0.4, -0.2) is 38.1 Å². The Balaban J connectivity index is 2.64. The number of nitrogen functional groups attached to an aromatic ring is 1. The highest BCUT2D eigenvalue weighted by Gasteiger charge is 2.10. The molecule has 0 fully saturated rings. The van der Waals surface area contributed by atoms with Crippen LogP contribution in [0.5, 0.6) is 0 Å². The molecule has 0 unspecified atom stereocenters. The summed E-state index contributed by atoms with van der Waals surface area (Å²) in [6, 6.07) is 7.00. The van der Waals surface area contributed by atoms with Crippen LogP contribution in [0.2, 0.25) is 0 Å². The van der Waals surface area contributed by atoms with E-state index in [0.29, 0.717) is 18.7 Å². The average Bonchev–Trinajstić information content (AvgIpc) is 2.35. The first-order valence-corrected chi connectivity index (χ1v) is 5.00. The van der Waals surface area contributed by atoms with Crippen LogP contribution < -0.4 is 11.3 Å². The number of carbonyl (C=O) groups is 1. The van der Waals surface area contributed by atoms with Crippen LogP contribution in [0.4, 0.5) is 5.69 Å². The average molecular weight is 223 g/mol. The van der Waals surface area contributed by atoms with Gasteiger partial charge in [0.2, 0.25) is 0 Å². The van der Waals surface area contributed by atoms with E-state index in [1.165, 1.54) is 0 Å². The molecule has 0 aliphatic rings. The normalized spacial score (nSPS) is 9.94. The highest BCUT2D eigenvalue weighted by Crippen LogP contribution is 2.09. The van der Waals surface area contributed by atoms with E-state index in [1.807, 2.05) is 0 Å². The van der Waals surface area contributed by atoms with Crippen molar-refractivity contribution in [1.29, 1.82) is 0 Å².